The molecule has 1 aliphatic carbocycles. The number of aromatic nitrogens is 2. The zero-order valence-corrected chi connectivity index (χ0v) is 13.7. The van der Waals surface area contributed by atoms with Gasteiger partial charge in [0.05, 0.1) is 12.0 Å². The molecule has 3 aromatic rings. The second kappa shape index (κ2) is 6.29. The van der Waals surface area contributed by atoms with Crippen LogP contribution in [0.25, 0.3) is 22.7 Å². The molecule has 1 aromatic carbocycles. The number of anilines is 1. The molecule has 25 heavy (non-hydrogen) atoms. The first-order valence-electron chi connectivity index (χ1n) is 8.46. The van der Waals surface area contributed by atoms with E-state index in [9.17, 15) is 9.90 Å². The number of carbonyl (C=O) groups is 1. The van der Waals surface area contributed by atoms with Crippen LogP contribution in [-0.4, -0.2) is 26.6 Å². The standard InChI is InChI=1S/C19H19N3O3/c23-17(12-19(24)8-2-3-9-19)21-13-6-7-14-16(11-13)25-18(22-14)15-5-1-4-10-20-15/h1,4-7,10-11,24H,2-3,8-9,12H2,(H,21,23). The molecule has 0 saturated heterocycles. The largest absolute Gasteiger partial charge is 0.435 e. The van der Waals surface area contributed by atoms with Gasteiger partial charge in [0.2, 0.25) is 11.8 Å². The van der Waals surface area contributed by atoms with Crippen LogP contribution in [0.4, 0.5) is 5.69 Å². The monoisotopic (exact) mass is 337 g/mol. The third-order valence-corrected chi connectivity index (χ3v) is 4.58. The molecule has 0 spiro atoms. The van der Waals surface area contributed by atoms with Crippen LogP contribution in [-0.2, 0) is 4.79 Å². The Kier molecular flexibility index (Phi) is 3.97. The van der Waals surface area contributed by atoms with Crippen molar-refractivity contribution < 1.29 is 14.3 Å². The maximum atomic E-state index is 12.2. The number of rotatable bonds is 4. The van der Waals surface area contributed by atoms with Crippen LogP contribution in [0.2, 0.25) is 0 Å². The van der Waals surface area contributed by atoms with E-state index >= 15 is 0 Å². The average Bonchev–Trinajstić information content (AvgIpc) is 3.21. The minimum Gasteiger partial charge on any atom is -0.435 e. The predicted octanol–water partition coefficient (Wildman–Crippen LogP) is 3.52. The number of nitrogens with one attached hydrogen (secondary N) is 1. The van der Waals surface area contributed by atoms with Crippen LogP contribution in [0.5, 0.6) is 0 Å². The second-order valence-electron chi connectivity index (χ2n) is 6.57. The first-order chi connectivity index (χ1) is 12.1. The van der Waals surface area contributed by atoms with Gasteiger partial charge < -0.3 is 14.8 Å². The predicted molar refractivity (Wildman–Crippen MR) is 93.9 cm³/mol. The Morgan fingerprint density at radius 2 is 2.08 bits per heavy atom. The summed E-state index contributed by atoms with van der Waals surface area (Å²) in [6.07, 6.45) is 5.14. The van der Waals surface area contributed by atoms with Crippen molar-refractivity contribution in [3.63, 3.8) is 0 Å². The van der Waals surface area contributed by atoms with Crippen LogP contribution in [0.1, 0.15) is 32.1 Å². The van der Waals surface area contributed by atoms with Gasteiger partial charge in [-0.3, -0.25) is 9.78 Å². The number of oxazole rings is 1. The van der Waals surface area contributed by atoms with Gasteiger partial charge in [-0.25, -0.2) is 4.98 Å². The van der Waals surface area contributed by atoms with Gasteiger partial charge in [0.15, 0.2) is 5.58 Å². The minimum absolute atomic E-state index is 0.126. The fraction of sp³-hybridized carbons (Fsp3) is 0.316. The van der Waals surface area contributed by atoms with Gasteiger partial charge in [-0.15, -0.1) is 0 Å². The molecular formula is C19H19N3O3. The molecule has 0 unspecified atom stereocenters. The molecule has 0 radical (unpaired) electrons. The first-order valence-corrected chi connectivity index (χ1v) is 8.46. The number of aliphatic hydroxyl groups is 1. The summed E-state index contributed by atoms with van der Waals surface area (Å²) in [5, 5.41) is 13.2. The summed E-state index contributed by atoms with van der Waals surface area (Å²) in [4.78, 5) is 20.9. The zero-order valence-electron chi connectivity index (χ0n) is 13.7. The van der Waals surface area contributed by atoms with Crippen molar-refractivity contribution in [3.8, 4) is 11.6 Å². The number of pyridine rings is 1. The van der Waals surface area contributed by atoms with Gasteiger partial charge in [0.25, 0.3) is 0 Å². The van der Waals surface area contributed by atoms with Gasteiger partial charge in [0.1, 0.15) is 11.2 Å². The molecule has 0 aliphatic heterocycles. The van der Waals surface area contributed by atoms with Crippen molar-refractivity contribution >= 4 is 22.7 Å². The highest BCUT2D eigenvalue weighted by molar-refractivity contribution is 5.93. The lowest BCUT2D eigenvalue weighted by molar-refractivity contribution is -0.120. The molecule has 1 saturated carbocycles. The molecule has 4 rings (SSSR count). The fourth-order valence-corrected chi connectivity index (χ4v) is 3.32. The molecule has 2 N–H and O–H groups in total. The van der Waals surface area contributed by atoms with Crippen molar-refractivity contribution in [2.75, 3.05) is 5.32 Å². The van der Waals surface area contributed by atoms with E-state index in [4.69, 9.17) is 4.42 Å². The Bertz CT molecular complexity index is 899. The van der Waals surface area contributed by atoms with E-state index in [1.807, 2.05) is 18.2 Å². The summed E-state index contributed by atoms with van der Waals surface area (Å²) in [7, 11) is 0. The van der Waals surface area contributed by atoms with Crippen LogP contribution in [0, 0.1) is 0 Å². The molecular weight excluding hydrogens is 318 g/mol. The SMILES string of the molecule is O=C(CC1(O)CCCC1)Nc1ccc2nc(-c3ccccn3)oc2c1. The van der Waals surface area contributed by atoms with E-state index < -0.39 is 5.60 Å². The Morgan fingerprint density at radius 3 is 2.84 bits per heavy atom. The molecule has 2 heterocycles. The highest BCUT2D eigenvalue weighted by Gasteiger charge is 2.33. The summed E-state index contributed by atoms with van der Waals surface area (Å²) in [6.45, 7) is 0. The Hall–Kier alpha value is -2.73. The normalized spacial score (nSPS) is 16.2. The van der Waals surface area contributed by atoms with E-state index in [0.717, 1.165) is 12.8 Å². The van der Waals surface area contributed by atoms with Gasteiger partial charge in [-0.1, -0.05) is 18.9 Å². The van der Waals surface area contributed by atoms with E-state index in [0.29, 0.717) is 41.2 Å². The summed E-state index contributed by atoms with van der Waals surface area (Å²) >= 11 is 0. The van der Waals surface area contributed by atoms with Crippen molar-refractivity contribution in [2.24, 2.45) is 0 Å². The lowest BCUT2D eigenvalue weighted by Crippen LogP contribution is -2.30. The van der Waals surface area contributed by atoms with E-state index in [-0.39, 0.29) is 12.3 Å². The van der Waals surface area contributed by atoms with Crippen LogP contribution in [0.3, 0.4) is 0 Å². The van der Waals surface area contributed by atoms with Crippen LogP contribution in [0.15, 0.2) is 47.0 Å². The summed E-state index contributed by atoms with van der Waals surface area (Å²) in [5.41, 5.74) is 1.72. The molecule has 0 atom stereocenters. The zero-order chi connectivity index (χ0) is 17.3. The quantitative estimate of drug-likeness (QED) is 0.760. The Balaban J connectivity index is 1.52. The highest BCUT2D eigenvalue weighted by atomic mass is 16.3. The molecule has 0 bridgehead atoms. The smallest absolute Gasteiger partial charge is 0.246 e. The number of nitrogens with zero attached hydrogens (tertiary/aromatic N) is 2. The molecule has 1 fully saturated rings. The molecule has 2 aromatic heterocycles. The van der Waals surface area contributed by atoms with Gasteiger partial charge in [-0.2, -0.15) is 0 Å². The number of hydrogen-bond donors (Lipinski definition) is 2. The lowest BCUT2D eigenvalue weighted by Gasteiger charge is -2.21. The lowest BCUT2D eigenvalue weighted by atomic mass is 9.97. The number of carbonyl (C=O) groups excluding carboxylic acids is 1. The van der Waals surface area contributed by atoms with Gasteiger partial charge in [0, 0.05) is 18.0 Å². The van der Waals surface area contributed by atoms with Crippen molar-refractivity contribution in [1.29, 1.82) is 0 Å². The third-order valence-electron chi connectivity index (χ3n) is 4.58. The van der Waals surface area contributed by atoms with Crippen molar-refractivity contribution in [3.05, 3.63) is 42.6 Å². The molecule has 1 amide bonds. The third kappa shape index (κ3) is 3.39. The molecule has 6 nitrogen and oxygen atoms in total. The van der Waals surface area contributed by atoms with Crippen LogP contribution < -0.4 is 5.32 Å². The van der Waals surface area contributed by atoms with E-state index in [2.05, 4.69) is 15.3 Å². The van der Waals surface area contributed by atoms with E-state index in [1.165, 1.54) is 0 Å². The summed E-state index contributed by atoms with van der Waals surface area (Å²) in [6, 6.07) is 10.9. The molecule has 128 valence electrons. The van der Waals surface area contributed by atoms with Crippen molar-refractivity contribution in [2.45, 2.75) is 37.7 Å². The van der Waals surface area contributed by atoms with Crippen LogP contribution >= 0.6 is 0 Å². The van der Waals surface area contributed by atoms with Gasteiger partial charge >= 0.3 is 0 Å². The molecule has 6 heteroatoms. The fourth-order valence-electron chi connectivity index (χ4n) is 3.32. The molecule has 1 aliphatic rings. The van der Waals surface area contributed by atoms with E-state index in [1.54, 1.807) is 24.4 Å². The highest BCUT2D eigenvalue weighted by Crippen LogP contribution is 2.32. The van der Waals surface area contributed by atoms with Gasteiger partial charge in [-0.05, 0) is 37.1 Å². The maximum absolute atomic E-state index is 12.2. The summed E-state index contributed by atoms with van der Waals surface area (Å²) < 4.78 is 5.76. The minimum atomic E-state index is -0.855. The maximum Gasteiger partial charge on any atom is 0.246 e. The second-order valence-corrected chi connectivity index (χ2v) is 6.57. The Morgan fingerprint density at radius 1 is 1.24 bits per heavy atom. The van der Waals surface area contributed by atoms with Crippen molar-refractivity contribution in [1.82, 2.24) is 9.97 Å². The first kappa shape index (κ1) is 15.8. The number of hydrogen-bond acceptors (Lipinski definition) is 5. The number of amides is 1. The Labute approximate surface area is 144 Å². The average molecular weight is 337 g/mol. The topological polar surface area (TPSA) is 88.2 Å². The number of fused-ring (bicyclic) bond motifs is 1. The summed E-state index contributed by atoms with van der Waals surface area (Å²) in [5.74, 6) is 0.257. The number of benzene rings is 1.